The molecule has 0 radical (unpaired) electrons. The minimum absolute atomic E-state index is 0.00591. The van der Waals surface area contributed by atoms with E-state index < -0.39 is 25.6 Å². The van der Waals surface area contributed by atoms with E-state index in [1.807, 2.05) is 30.0 Å². The molecule has 75 heavy (non-hydrogen) atoms. The number of hydrogen-bond acceptors (Lipinski definition) is 16. The van der Waals surface area contributed by atoms with E-state index in [0.717, 1.165) is 87.6 Å². The fourth-order valence-electron chi connectivity index (χ4n) is 10.2. The maximum absolute atomic E-state index is 13.1. The summed E-state index contributed by atoms with van der Waals surface area (Å²) in [6.07, 6.45) is 22.9. The fourth-order valence-corrected chi connectivity index (χ4v) is 12.7. The highest BCUT2D eigenvalue weighted by atomic mass is 32.5. The van der Waals surface area contributed by atoms with Gasteiger partial charge < -0.3 is 66.3 Å². The second kappa shape index (κ2) is 35.6. The first kappa shape index (κ1) is 66.5. The molecule has 1 aromatic carbocycles. The lowest BCUT2D eigenvalue weighted by Crippen LogP contribution is -2.54. The van der Waals surface area contributed by atoms with Crippen molar-refractivity contribution in [3.8, 4) is 5.75 Å². The molecule has 3 fully saturated rings. The van der Waals surface area contributed by atoms with E-state index in [4.69, 9.17) is 76.8 Å². The quantitative estimate of drug-likeness (QED) is 0.0274. The number of rotatable bonds is 40. The molecule has 3 heterocycles. The van der Waals surface area contributed by atoms with Gasteiger partial charge in [0, 0.05) is 89.2 Å². The van der Waals surface area contributed by atoms with Gasteiger partial charge in [0.25, 0.3) is 0 Å². The average Bonchev–Trinajstić information content (AvgIpc) is 3.37. The Kier molecular flexibility index (Phi) is 31.6. The molecule has 0 aliphatic carbocycles. The highest BCUT2D eigenvalue weighted by Gasteiger charge is 2.41. The van der Waals surface area contributed by atoms with Gasteiger partial charge in [-0.15, -0.1) is 0 Å². The molecule has 2 amide bonds. The third-order valence-corrected chi connectivity index (χ3v) is 19.5. The van der Waals surface area contributed by atoms with Crippen molar-refractivity contribution in [2.24, 2.45) is 5.41 Å². The van der Waals surface area contributed by atoms with Crippen LogP contribution in [0.4, 0.5) is 0 Å². The molecular formula is C51H90N3O15P3S3. The number of ether oxygens (including phenoxy) is 3. The van der Waals surface area contributed by atoms with Crippen molar-refractivity contribution in [2.45, 2.75) is 179 Å². The number of esters is 1. The molecule has 3 aliphatic heterocycles. The van der Waals surface area contributed by atoms with Crippen molar-refractivity contribution in [3.05, 3.63) is 29.3 Å². The zero-order chi connectivity index (χ0) is 54.6. The first-order valence-electron chi connectivity index (χ1n) is 27.3. The minimum Gasteiger partial charge on any atom is -0.496 e. The van der Waals surface area contributed by atoms with E-state index in [9.17, 15) is 29.1 Å². The number of methoxy groups -OCH3 is 1. The summed E-state index contributed by atoms with van der Waals surface area (Å²) in [4.78, 5) is 73.5. The molecule has 2 bridgehead atoms. The van der Waals surface area contributed by atoms with Crippen LogP contribution < -0.4 is 10.1 Å². The molecular weight excluding hydrogens is 1080 g/mol. The van der Waals surface area contributed by atoms with Gasteiger partial charge in [0.1, 0.15) is 11.9 Å². The SMILES string of the molecule is COc1ccc(C)cc1CC(=O)OC1CC2CCCC(C1)N2CCCCCCCCCCNC(=O)CCOCCCCCCCCC(=O)N1CCC(COP(O)(=S)OC)(COP(O)(=S)OCCOP(O)(=S)OC)CC1. The largest absolute Gasteiger partial charge is 0.496 e. The summed E-state index contributed by atoms with van der Waals surface area (Å²) in [6, 6.07) is 6.96. The standard InChI is InChI=1S/C51H90N3O15P3S3/c1-42-23-24-47(61-2)43(36-42)37-50(57)69-46-38-44-20-19-21-45(39-46)54(44)29-17-13-9-6-5-8-12-16-28-52-48(55)25-33-64-32-18-14-10-7-11-15-22-49(56)53-30-26-51(27-31-53,40-67-71(59,74)63-4)41-68-72(60,75)66-35-34-65-70(58,73)62-3/h23-24,36,44-46H,5-22,25-35,37-41H2,1-4H3,(H,52,55)(H,58,73)(H,59,74)(H,60,75). The Morgan fingerprint density at radius 1 is 0.693 bits per heavy atom. The lowest BCUT2D eigenvalue weighted by molar-refractivity contribution is -0.154. The monoisotopic (exact) mass is 1170 g/mol. The van der Waals surface area contributed by atoms with E-state index in [1.165, 1.54) is 72.0 Å². The minimum atomic E-state index is -3.72. The summed E-state index contributed by atoms with van der Waals surface area (Å²) < 4.78 is 48.5. The number of carbonyl (C=O) groups excluding carboxylic acids is 3. The van der Waals surface area contributed by atoms with Crippen molar-refractivity contribution in [3.63, 3.8) is 0 Å². The number of nitrogens with one attached hydrogen (secondary N) is 1. The smallest absolute Gasteiger partial charge is 0.324 e. The third kappa shape index (κ3) is 26.8. The van der Waals surface area contributed by atoms with Crippen molar-refractivity contribution in [1.29, 1.82) is 0 Å². The Labute approximate surface area is 463 Å². The van der Waals surface area contributed by atoms with Gasteiger partial charge in [0.05, 0.1) is 46.6 Å². The van der Waals surface area contributed by atoms with Gasteiger partial charge in [-0.3, -0.25) is 19.3 Å². The number of hydrogen-bond donors (Lipinski definition) is 4. The van der Waals surface area contributed by atoms with E-state index >= 15 is 0 Å². The second-order valence-electron chi connectivity index (χ2n) is 20.3. The molecule has 5 unspecified atom stereocenters. The molecule has 0 spiro atoms. The van der Waals surface area contributed by atoms with Crippen LogP contribution in [0, 0.1) is 12.3 Å². The molecule has 24 heteroatoms. The van der Waals surface area contributed by atoms with Crippen LogP contribution in [0.5, 0.6) is 5.75 Å². The summed E-state index contributed by atoms with van der Waals surface area (Å²) >= 11 is 15.0. The first-order valence-corrected chi connectivity index (χ1v) is 35.0. The van der Waals surface area contributed by atoms with Crippen molar-refractivity contribution < 1.29 is 70.4 Å². The van der Waals surface area contributed by atoms with Gasteiger partial charge in [-0.05, 0) is 106 Å². The van der Waals surface area contributed by atoms with E-state index in [1.54, 1.807) is 7.11 Å². The van der Waals surface area contributed by atoms with Gasteiger partial charge in [-0.2, -0.15) is 0 Å². The molecule has 4 N–H and O–H groups in total. The van der Waals surface area contributed by atoms with Gasteiger partial charge in [0.2, 0.25) is 11.8 Å². The molecule has 5 atom stereocenters. The van der Waals surface area contributed by atoms with Crippen LogP contribution in [0.1, 0.15) is 159 Å². The summed E-state index contributed by atoms with van der Waals surface area (Å²) in [5.41, 5.74) is 1.27. The number of nitrogens with zero attached hydrogens (tertiary/aromatic N) is 2. The Morgan fingerprint density at radius 3 is 1.88 bits per heavy atom. The summed E-state index contributed by atoms with van der Waals surface area (Å²) in [6.45, 7) is -5.24. The number of carbonyl (C=O) groups is 3. The summed E-state index contributed by atoms with van der Waals surface area (Å²) in [7, 11) is 4.13. The zero-order valence-corrected chi connectivity index (χ0v) is 50.3. The maximum Gasteiger partial charge on any atom is 0.324 e. The molecule has 3 saturated heterocycles. The highest BCUT2D eigenvalue weighted by molar-refractivity contribution is 8.07. The lowest BCUT2D eigenvalue weighted by Gasteiger charge is -2.48. The molecule has 18 nitrogen and oxygen atoms in total. The predicted molar refractivity (Wildman–Crippen MR) is 302 cm³/mol. The van der Waals surface area contributed by atoms with Crippen LogP contribution in [0.2, 0.25) is 0 Å². The number of benzene rings is 1. The number of amides is 2. The number of likely N-dealkylation sites (tertiary alicyclic amines) is 1. The Hall–Kier alpha value is -1.06. The normalized spacial score (nSPS) is 21.2. The van der Waals surface area contributed by atoms with Gasteiger partial charge in [-0.25, -0.2) is 0 Å². The van der Waals surface area contributed by atoms with Crippen LogP contribution in [-0.2, 0) is 92.8 Å². The molecule has 432 valence electrons. The Morgan fingerprint density at radius 2 is 1.25 bits per heavy atom. The topological polar surface area (TPSA) is 213 Å². The molecule has 0 saturated carbocycles. The summed E-state index contributed by atoms with van der Waals surface area (Å²) in [5.74, 6) is 0.696. The van der Waals surface area contributed by atoms with Crippen molar-refractivity contribution >= 4 is 73.4 Å². The highest BCUT2D eigenvalue weighted by Crippen LogP contribution is 2.50. The fraction of sp³-hybridized carbons (Fsp3) is 0.824. The van der Waals surface area contributed by atoms with E-state index in [-0.39, 0.29) is 56.7 Å². The third-order valence-electron chi connectivity index (χ3n) is 14.5. The van der Waals surface area contributed by atoms with Gasteiger partial charge in [0.15, 0.2) is 0 Å². The van der Waals surface area contributed by atoms with Crippen molar-refractivity contribution in [2.75, 3.05) is 87.1 Å². The first-order chi connectivity index (χ1) is 35.9. The zero-order valence-electron chi connectivity index (χ0n) is 45.2. The lowest BCUT2D eigenvalue weighted by atomic mass is 9.80. The van der Waals surface area contributed by atoms with Crippen LogP contribution in [0.15, 0.2) is 18.2 Å². The molecule has 4 rings (SSSR count). The van der Waals surface area contributed by atoms with Gasteiger partial charge >= 0.3 is 26.1 Å². The van der Waals surface area contributed by atoms with Crippen LogP contribution in [0.3, 0.4) is 0 Å². The second-order valence-corrected chi connectivity index (χ2v) is 29.1. The Bertz CT molecular complexity index is 1990. The summed E-state index contributed by atoms with van der Waals surface area (Å²) in [5, 5.41) is 3.04. The predicted octanol–water partition coefficient (Wildman–Crippen LogP) is 9.47. The number of piperidine rings is 3. The molecule has 1 aromatic rings. The number of aryl methyl sites for hydroxylation is 1. The average molecular weight is 1170 g/mol. The van der Waals surface area contributed by atoms with E-state index in [2.05, 4.69) is 10.2 Å². The van der Waals surface area contributed by atoms with Crippen LogP contribution in [-0.4, -0.2) is 148 Å². The Balaban J connectivity index is 0.927. The van der Waals surface area contributed by atoms with Gasteiger partial charge in [-0.1, -0.05) is 88.3 Å². The number of fused-ring (bicyclic) bond motifs is 2. The molecule has 0 aromatic heterocycles. The maximum atomic E-state index is 13.1. The molecule has 3 aliphatic rings. The van der Waals surface area contributed by atoms with Crippen LogP contribution in [0.25, 0.3) is 0 Å². The van der Waals surface area contributed by atoms with Crippen molar-refractivity contribution in [1.82, 2.24) is 15.1 Å². The number of unbranched alkanes of at least 4 members (excludes halogenated alkanes) is 12. The van der Waals surface area contributed by atoms with E-state index in [0.29, 0.717) is 70.6 Å². The van der Waals surface area contributed by atoms with Crippen LogP contribution >= 0.6 is 20.2 Å².